The summed E-state index contributed by atoms with van der Waals surface area (Å²) in [6.45, 7) is 4.44. The number of nitrogens with zero attached hydrogens (tertiary/aromatic N) is 4. The number of para-hydroxylation sites is 2. The molecule has 0 bridgehead atoms. The molecule has 2 heterocycles. The van der Waals surface area contributed by atoms with Crippen molar-refractivity contribution in [1.29, 1.82) is 0 Å². The summed E-state index contributed by atoms with van der Waals surface area (Å²) in [6.07, 6.45) is 0.841. The summed E-state index contributed by atoms with van der Waals surface area (Å²) in [5.41, 5.74) is 6.53. The lowest BCUT2D eigenvalue weighted by Crippen LogP contribution is -2.40. The quantitative estimate of drug-likeness (QED) is 0.661. The highest BCUT2D eigenvalue weighted by molar-refractivity contribution is 7.99. The van der Waals surface area contributed by atoms with E-state index in [1.165, 1.54) is 11.8 Å². The van der Waals surface area contributed by atoms with Gasteiger partial charge >= 0.3 is 0 Å². The molecule has 29 heavy (non-hydrogen) atoms. The van der Waals surface area contributed by atoms with Crippen LogP contribution in [0.2, 0.25) is 0 Å². The monoisotopic (exact) mass is 416 g/mol. The summed E-state index contributed by atoms with van der Waals surface area (Å²) >= 11 is 1.29. The second kappa shape index (κ2) is 9.08. The van der Waals surface area contributed by atoms with Gasteiger partial charge in [-0.2, -0.15) is 0 Å². The molecule has 0 spiro atoms. The van der Waals surface area contributed by atoms with Gasteiger partial charge in [0.15, 0.2) is 5.16 Å². The number of nitrogens with one attached hydrogen (secondary N) is 1. The van der Waals surface area contributed by atoms with E-state index in [4.69, 9.17) is 5.73 Å². The second-order valence-electron chi connectivity index (χ2n) is 6.78. The number of aryl methyl sites for hydroxylation is 1. The van der Waals surface area contributed by atoms with Gasteiger partial charge in [-0.1, -0.05) is 23.9 Å². The Balaban J connectivity index is 1.75. The van der Waals surface area contributed by atoms with Crippen LogP contribution in [0.3, 0.4) is 0 Å². The van der Waals surface area contributed by atoms with Gasteiger partial charge in [-0.15, -0.1) is 10.2 Å². The van der Waals surface area contributed by atoms with E-state index in [0.717, 1.165) is 0 Å². The van der Waals surface area contributed by atoms with Crippen molar-refractivity contribution in [3.8, 4) is 0 Å². The first-order valence-corrected chi connectivity index (χ1v) is 10.4. The Morgan fingerprint density at radius 3 is 2.79 bits per heavy atom. The van der Waals surface area contributed by atoms with E-state index in [0.29, 0.717) is 35.3 Å². The number of primary amides is 1. The van der Waals surface area contributed by atoms with Crippen molar-refractivity contribution in [2.24, 2.45) is 5.73 Å². The van der Waals surface area contributed by atoms with Gasteiger partial charge in [-0.3, -0.25) is 14.4 Å². The Bertz CT molecular complexity index is 928. The molecule has 0 unspecified atom stereocenters. The largest absolute Gasteiger partial charge is 0.370 e. The first-order valence-electron chi connectivity index (χ1n) is 9.44. The Hall–Kier alpha value is -2.88. The molecule has 3 rings (SSSR count). The minimum Gasteiger partial charge on any atom is -0.370 e. The highest BCUT2D eigenvalue weighted by Gasteiger charge is 2.29. The van der Waals surface area contributed by atoms with Gasteiger partial charge in [0, 0.05) is 31.8 Å². The molecular formula is C19H24N6O3S. The van der Waals surface area contributed by atoms with Crippen molar-refractivity contribution in [3.05, 3.63) is 30.1 Å². The summed E-state index contributed by atoms with van der Waals surface area (Å²) in [6, 6.07) is 7.02. The number of carbonyl (C=O) groups excluding carboxylic acids is 3. The first-order chi connectivity index (χ1) is 13.9. The molecule has 0 radical (unpaired) electrons. The van der Waals surface area contributed by atoms with Crippen LogP contribution in [0.4, 0.5) is 11.4 Å². The molecule has 0 aliphatic carbocycles. The number of carbonyl (C=O) groups is 3. The standard InChI is InChI=1S/C19H24N6O3S/c1-3-24-16(9-8-15(20)26)22-23-19(24)29-11-18(28)25-12(2)10-17(27)21-13-6-4-5-7-14(13)25/h4-7,12H,3,8-11H2,1-2H3,(H2,20,26)(H,21,27)/t12-/m1/s1. The fourth-order valence-electron chi connectivity index (χ4n) is 3.33. The average molecular weight is 417 g/mol. The van der Waals surface area contributed by atoms with Crippen molar-refractivity contribution in [3.63, 3.8) is 0 Å². The summed E-state index contributed by atoms with van der Waals surface area (Å²) in [7, 11) is 0. The van der Waals surface area contributed by atoms with Crippen LogP contribution in [0.25, 0.3) is 0 Å². The van der Waals surface area contributed by atoms with Crippen molar-refractivity contribution in [2.45, 2.75) is 50.9 Å². The van der Waals surface area contributed by atoms with Crippen LogP contribution in [-0.2, 0) is 27.3 Å². The maximum atomic E-state index is 13.1. The van der Waals surface area contributed by atoms with Crippen LogP contribution >= 0.6 is 11.8 Å². The fourth-order valence-corrected chi connectivity index (χ4v) is 4.21. The number of anilines is 2. The summed E-state index contributed by atoms with van der Waals surface area (Å²) in [5.74, 6) is 0.205. The third kappa shape index (κ3) is 4.76. The summed E-state index contributed by atoms with van der Waals surface area (Å²) in [4.78, 5) is 37.9. The highest BCUT2D eigenvalue weighted by Crippen LogP contribution is 2.32. The number of amides is 3. The van der Waals surface area contributed by atoms with Gasteiger partial charge in [0.1, 0.15) is 5.82 Å². The van der Waals surface area contributed by atoms with Gasteiger partial charge in [-0.25, -0.2) is 0 Å². The fraction of sp³-hybridized carbons (Fsp3) is 0.421. The van der Waals surface area contributed by atoms with Gasteiger partial charge in [-0.05, 0) is 26.0 Å². The molecule has 1 aliphatic rings. The van der Waals surface area contributed by atoms with Gasteiger partial charge in [0.05, 0.1) is 17.1 Å². The molecule has 1 aromatic heterocycles. The first kappa shape index (κ1) is 20.8. The Morgan fingerprint density at radius 2 is 2.07 bits per heavy atom. The predicted molar refractivity (Wildman–Crippen MR) is 111 cm³/mol. The predicted octanol–water partition coefficient (Wildman–Crippen LogP) is 1.57. The Kier molecular flexibility index (Phi) is 6.53. The number of nitrogens with two attached hydrogens (primary N) is 1. The summed E-state index contributed by atoms with van der Waals surface area (Å²) in [5, 5.41) is 11.8. The number of benzene rings is 1. The number of aromatic nitrogens is 3. The molecule has 1 atom stereocenters. The van der Waals surface area contributed by atoms with Crippen LogP contribution in [0.1, 0.15) is 32.5 Å². The molecule has 3 N–H and O–H groups in total. The van der Waals surface area contributed by atoms with E-state index < -0.39 is 5.91 Å². The smallest absolute Gasteiger partial charge is 0.237 e. The lowest BCUT2D eigenvalue weighted by Gasteiger charge is -2.27. The van der Waals surface area contributed by atoms with Crippen molar-refractivity contribution in [2.75, 3.05) is 16.0 Å². The van der Waals surface area contributed by atoms with Crippen LogP contribution in [-0.4, -0.2) is 44.3 Å². The number of fused-ring (bicyclic) bond motifs is 1. The lowest BCUT2D eigenvalue weighted by molar-refractivity contribution is -0.119. The van der Waals surface area contributed by atoms with Crippen molar-refractivity contribution >= 4 is 40.9 Å². The molecule has 154 valence electrons. The number of rotatable bonds is 7. The van der Waals surface area contributed by atoms with Crippen molar-refractivity contribution in [1.82, 2.24) is 14.8 Å². The topological polar surface area (TPSA) is 123 Å². The molecule has 10 heteroatoms. The highest BCUT2D eigenvalue weighted by atomic mass is 32.2. The number of hydrogen-bond donors (Lipinski definition) is 2. The van der Waals surface area contributed by atoms with E-state index in [-0.39, 0.29) is 36.5 Å². The molecule has 0 fully saturated rings. The maximum absolute atomic E-state index is 13.1. The zero-order chi connectivity index (χ0) is 21.0. The molecule has 1 aromatic carbocycles. The molecule has 1 aliphatic heterocycles. The summed E-state index contributed by atoms with van der Waals surface area (Å²) < 4.78 is 1.88. The third-order valence-corrected chi connectivity index (χ3v) is 5.61. The average Bonchev–Trinajstić information content (AvgIpc) is 3.01. The van der Waals surface area contributed by atoms with E-state index in [9.17, 15) is 14.4 Å². The number of thioether (sulfide) groups is 1. The van der Waals surface area contributed by atoms with Crippen LogP contribution in [0, 0.1) is 0 Å². The SMILES string of the molecule is CCn1c(CCC(N)=O)nnc1SCC(=O)N1c2ccccc2NC(=O)C[C@H]1C. The zero-order valence-corrected chi connectivity index (χ0v) is 17.2. The second-order valence-corrected chi connectivity index (χ2v) is 7.72. The Labute approximate surface area is 173 Å². The van der Waals surface area contributed by atoms with Gasteiger partial charge in [0.25, 0.3) is 0 Å². The molecule has 3 amide bonds. The van der Waals surface area contributed by atoms with Gasteiger partial charge in [0.2, 0.25) is 17.7 Å². The third-order valence-electron chi connectivity index (χ3n) is 4.66. The minimum atomic E-state index is -0.392. The van der Waals surface area contributed by atoms with Crippen molar-refractivity contribution < 1.29 is 14.4 Å². The van der Waals surface area contributed by atoms with Crippen LogP contribution in [0.5, 0.6) is 0 Å². The van der Waals surface area contributed by atoms with E-state index in [1.807, 2.05) is 36.6 Å². The maximum Gasteiger partial charge on any atom is 0.237 e. The minimum absolute atomic E-state index is 0.113. The van der Waals surface area contributed by atoms with E-state index in [1.54, 1.807) is 11.0 Å². The van der Waals surface area contributed by atoms with E-state index in [2.05, 4.69) is 15.5 Å². The Morgan fingerprint density at radius 1 is 1.31 bits per heavy atom. The lowest BCUT2D eigenvalue weighted by atomic mass is 10.2. The molecule has 9 nitrogen and oxygen atoms in total. The van der Waals surface area contributed by atoms with Crippen LogP contribution < -0.4 is 16.0 Å². The molecule has 0 saturated carbocycles. The van der Waals surface area contributed by atoms with Crippen LogP contribution in [0.15, 0.2) is 29.4 Å². The molecular weight excluding hydrogens is 392 g/mol. The zero-order valence-electron chi connectivity index (χ0n) is 16.4. The van der Waals surface area contributed by atoms with Gasteiger partial charge < -0.3 is 20.5 Å². The van der Waals surface area contributed by atoms with E-state index >= 15 is 0 Å². The molecule has 2 aromatic rings. The number of hydrogen-bond acceptors (Lipinski definition) is 6. The molecule has 0 saturated heterocycles. The normalized spacial score (nSPS) is 16.1.